The van der Waals surface area contributed by atoms with E-state index >= 15 is 0 Å². The minimum Gasteiger partial charge on any atom is -0.494 e. The van der Waals surface area contributed by atoms with Crippen molar-refractivity contribution in [1.82, 2.24) is 0 Å². The van der Waals surface area contributed by atoms with Gasteiger partial charge in [0.05, 0.1) is 6.61 Å². The van der Waals surface area contributed by atoms with Gasteiger partial charge < -0.3 is 20.1 Å². The molecule has 138 valence electrons. The summed E-state index contributed by atoms with van der Waals surface area (Å²) in [6.45, 7) is 4.01. The molecule has 1 rings (SSSR count). The molecule has 0 aliphatic heterocycles. The van der Waals surface area contributed by atoms with Gasteiger partial charge in [0.25, 0.3) is 0 Å². The molecule has 0 aliphatic rings. The highest BCUT2D eigenvalue weighted by Gasteiger charge is 2.18. The summed E-state index contributed by atoms with van der Waals surface area (Å²) in [6, 6.07) is 7.39. The van der Waals surface area contributed by atoms with Crippen LogP contribution in [0.2, 0.25) is 0 Å². The van der Waals surface area contributed by atoms with Crippen LogP contribution in [0.15, 0.2) is 30.3 Å². The minimum atomic E-state index is -1.31. The van der Waals surface area contributed by atoms with E-state index in [2.05, 4.69) is 6.92 Å². The molecule has 0 fully saturated rings. The first-order chi connectivity index (χ1) is 11.8. The lowest BCUT2D eigenvalue weighted by molar-refractivity contribution is -0.153. The van der Waals surface area contributed by atoms with E-state index in [1.807, 2.05) is 24.3 Å². The van der Waals surface area contributed by atoms with Crippen LogP contribution >= 0.6 is 0 Å². The average molecular weight is 352 g/mol. The summed E-state index contributed by atoms with van der Waals surface area (Å²) < 4.78 is 5.55. The number of carboxylic acids is 3. The van der Waals surface area contributed by atoms with Gasteiger partial charge >= 0.3 is 17.9 Å². The lowest BCUT2D eigenvalue weighted by atomic mass is 10.2. The largest absolute Gasteiger partial charge is 0.494 e. The van der Waals surface area contributed by atoms with Crippen molar-refractivity contribution in [3.05, 3.63) is 35.9 Å². The molecule has 0 amide bonds. The van der Waals surface area contributed by atoms with Crippen molar-refractivity contribution in [3.63, 3.8) is 0 Å². The van der Waals surface area contributed by atoms with E-state index in [-0.39, 0.29) is 0 Å². The molecule has 0 aromatic heterocycles. The Balaban J connectivity index is 0.000000609. The number of rotatable bonds is 9. The van der Waals surface area contributed by atoms with E-state index in [4.69, 9.17) is 20.1 Å². The molecule has 0 saturated heterocycles. The Hall–Kier alpha value is -2.83. The molecular weight excluding hydrogens is 328 g/mol. The van der Waals surface area contributed by atoms with E-state index < -0.39 is 23.8 Å². The van der Waals surface area contributed by atoms with Gasteiger partial charge in [0.1, 0.15) is 5.75 Å². The Bertz CT molecular complexity index is 562. The molecule has 0 heterocycles. The maximum absolute atomic E-state index is 10.3. The van der Waals surface area contributed by atoms with Crippen LogP contribution in [0.25, 0.3) is 6.08 Å². The summed E-state index contributed by atoms with van der Waals surface area (Å²) in [5, 5.41) is 24.4. The number of ether oxygens (including phenoxy) is 1. The number of hydrogen-bond donors (Lipinski definition) is 3. The highest BCUT2D eigenvalue weighted by atomic mass is 16.5. The third-order valence-corrected chi connectivity index (χ3v) is 3.06. The van der Waals surface area contributed by atoms with Gasteiger partial charge in [-0.1, -0.05) is 31.9 Å². The normalized spacial score (nSPS) is 10.2. The monoisotopic (exact) mass is 352 g/mol. The van der Waals surface area contributed by atoms with Gasteiger partial charge in [-0.3, -0.25) is 9.59 Å². The number of aliphatic carboxylic acids is 3. The molecule has 3 N–H and O–H groups in total. The van der Waals surface area contributed by atoms with Gasteiger partial charge in [0.15, 0.2) is 5.92 Å². The van der Waals surface area contributed by atoms with E-state index in [9.17, 15) is 14.4 Å². The molecule has 0 radical (unpaired) electrons. The van der Waals surface area contributed by atoms with Crippen molar-refractivity contribution in [1.29, 1.82) is 0 Å². The lowest BCUT2D eigenvalue weighted by Crippen LogP contribution is -2.19. The van der Waals surface area contributed by atoms with E-state index in [1.165, 1.54) is 12.8 Å². The fraction of sp³-hybridized carbons (Fsp3) is 0.389. The summed E-state index contributed by atoms with van der Waals surface area (Å²) in [5.41, 5.74) is 0.855. The van der Waals surface area contributed by atoms with Crippen LogP contribution < -0.4 is 4.74 Å². The van der Waals surface area contributed by atoms with Gasteiger partial charge in [-0.2, -0.15) is 0 Å². The molecule has 7 nitrogen and oxygen atoms in total. The molecule has 0 saturated carbocycles. The Morgan fingerprint density at radius 2 is 1.60 bits per heavy atom. The zero-order chi connectivity index (χ0) is 19.2. The molecule has 1 aromatic carbocycles. The third kappa shape index (κ3) is 11.4. The Morgan fingerprint density at radius 3 is 2.00 bits per heavy atom. The van der Waals surface area contributed by atoms with Crippen molar-refractivity contribution in [2.24, 2.45) is 5.92 Å². The van der Waals surface area contributed by atoms with Crippen molar-refractivity contribution in [2.45, 2.75) is 33.1 Å². The first-order valence-corrected chi connectivity index (χ1v) is 7.87. The SMILES string of the molecule is CC(C(=O)O)C(=O)O.CCCCCOc1ccc(C=CC(=O)O)cc1. The molecule has 7 heteroatoms. The van der Waals surface area contributed by atoms with Crippen molar-refractivity contribution in [3.8, 4) is 5.75 Å². The molecule has 0 aliphatic carbocycles. The van der Waals surface area contributed by atoms with E-state index in [0.29, 0.717) is 0 Å². The Morgan fingerprint density at radius 1 is 1.04 bits per heavy atom. The number of carboxylic acid groups (broad SMARTS) is 3. The zero-order valence-electron chi connectivity index (χ0n) is 14.3. The molecule has 1 aromatic rings. The molecular formula is C18H24O7. The second kappa shape index (κ2) is 12.6. The van der Waals surface area contributed by atoms with Crippen LogP contribution in [0.3, 0.4) is 0 Å². The van der Waals surface area contributed by atoms with Crippen LogP contribution in [0.1, 0.15) is 38.7 Å². The van der Waals surface area contributed by atoms with E-state index in [0.717, 1.165) is 37.3 Å². The Labute approximate surface area is 146 Å². The summed E-state index contributed by atoms with van der Waals surface area (Å²) in [7, 11) is 0. The number of benzene rings is 1. The first kappa shape index (κ1) is 22.2. The fourth-order valence-electron chi connectivity index (χ4n) is 1.49. The van der Waals surface area contributed by atoms with Gasteiger partial charge in [0, 0.05) is 6.08 Å². The predicted molar refractivity (Wildman–Crippen MR) is 92.6 cm³/mol. The molecule has 0 unspecified atom stereocenters. The topological polar surface area (TPSA) is 121 Å². The number of unbranched alkanes of at least 4 members (excludes halogenated alkanes) is 2. The van der Waals surface area contributed by atoms with Crippen LogP contribution in [0.5, 0.6) is 5.75 Å². The molecule has 0 bridgehead atoms. The van der Waals surface area contributed by atoms with Crippen LogP contribution in [0.4, 0.5) is 0 Å². The van der Waals surface area contributed by atoms with Gasteiger partial charge in [-0.05, 0) is 37.1 Å². The minimum absolute atomic E-state index is 0.734. The van der Waals surface area contributed by atoms with Crippen LogP contribution in [0, 0.1) is 5.92 Å². The van der Waals surface area contributed by atoms with Crippen LogP contribution in [-0.4, -0.2) is 39.8 Å². The highest BCUT2D eigenvalue weighted by Crippen LogP contribution is 2.13. The van der Waals surface area contributed by atoms with Gasteiger partial charge in [-0.25, -0.2) is 4.79 Å². The summed E-state index contributed by atoms with van der Waals surface area (Å²) in [4.78, 5) is 29.9. The maximum Gasteiger partial charge on any atom is 0.328 e. The zero-order valence-corrected chi connectivity index (χ0v) is 14.3. The van der Waals surface area contributed by atoms with E-state index in [1.54, 1.807) is 6.08 Å². The quantitative estimate of drug-likeness (QED) is 0.354. The molecule has 0 spiro atoms. The predicted octanol–water partition coefficient (Wildman–Crippen LogP) is 3.15. The number of carbonyl (C=O) groups is 3. The van der Waals surface area contributed by atoms with Gasteiger partial charge in [0.2, 0.25) is 0 Å². The first-order valence-electron chi connectivity index (χ1n) is 7.87. The second-order valence-electron chi connectivity index (χ2n) is 5.19. The van der Waals surface area contributed by atoms with Crippen LogP contribution in [-0.2, 0) is 14.4 Å². The summed E-state index contributed by atoms with van der Waals surface area (Å²) >= 11 is 0. The molecule has 25 heavy (non-hydrogen) atoms. The smallest absolute Gasteiger partial charge is 0.328 e. The number of hydrogen-bond acceptors (Lipinski definition) is 4. The molecule has 0 atom stereocenters. The lowest BCUT2D eigenvalue weighted by Gasteiger charge is -2.05. The van der Waals surface area contributed by atoms with Crippen molar-refractivity contribution < 1.29 is 34.4 Å². The fourth-order valence-corrected chi connectivity index (χ4v) is 1.49. The third-order valence-electron chi connectivity index (χ3n) is 3.06. The maximum atomic E-state index is 10.3. The van der Waals surface area contributed by atoms with Crippen molar-refractivity contribution in [2.75, 3.05) is 6.61 Å². The van der Waals surface area contributed by atoms with Gasteiger partial charge in [-0.15, -0.1) is 0 Å². The summed E-state index contributed by atoms with van der Waals surface area (Å²) in [5.74, 6) is -4.02. The Kier molecular flexibility index (Phi) is 11.2. The summed E-state index contributed by atoms with van der Waals surface area (Å²) in [6.07, 6.45) is 6.11. The standard InChI is InChI=1S/C14H18O3.C4H6O4/c1-2-3-4-11-17-13-8-5-12(6-9-13)7-10-14(15)16;1-2(3(5)6)4(7)8/h5-10H,2-4,11H2,1H3,(H,15,16);2H,1H3,(H,5,6)(H,7,8). The second-order valence-corrected chi connectivity index (χ2v) is 5.19. The highest BCUT2D eigenvalue weighted by molar-refractivity contribution is 5.92. The average Bonchev–Trinajstić information content (AvgIpc) is 2.57. The van der Waals surface area contributed by atoms with Crippen molar-refractivity contribution >= 4 is 24.0 Å².